The second-order valence-corrected chi connectivity index (χ2v) is 4.86. The Balaban J connectivity index is 2.32. The van der Waals surface area contributed by atoms with E-state index in [1.807, 2.05) is 37.3 Å². The molecular weight excluding hydrogens is 279 g/mol. The van der Waals surface area contributed by atoms with Gasteiger partial charge in [-0.15, -0.1) is 0 Å². The van der Waals surface area contributed by atoms with Crippen LogP contribution in [0.5, 0.6) is 0 Å². The highest BCUT2D eigenvalue weighted by Gasteiger charge is 2.33. The van der Waals surface area contributed by atoms with Gasteiger partial charge in [0.1, 0.15) is 0 Å². The number of alkyl halides is 3. The van der Waals surface area contributed by atoms with Gasteiger partial charge < -0.3 is 5.32 Å². The van der Waals surface area contributed by atoms with E-state index in [2.05, 4.69) is 10.4 Å². The van der Waals surface area contributed by atoms with Crippen molar-refractivity contribution in [1.29, 1.82) is 0 Å². The first-order chi connectivity index (χ1) is 9.97. The number of nitrogens with one attached hydrogen (secondary N) is 1. The molecule has 0 aliphatic carbocycles. The summed E-state index contributed by atoms with van der Waals surface area (Å²) in [6, 6.07) is 9.36. The van der Waals surface area contributed by atoms with Crippen LogP contribution in [-0.4, -0.2) is 16.8 Å². The van der Waals surface area contributed by atoms with Crippen LogP contribution < -0.4 is 5.32 Å². The Bertz CT molecular complexity index is 563. The quantitative estimate of drug-likeness (QED) is 0.909. The lowest BCUT2D eigenvalue weighted by Gasteiger charge is -2.26. The summed E-state index contributed by atoms with van der Waals surface area (Å²) in [5.74, 6) is 0. The molecule has 6 heteroatoms. The molecule has 0 aliphatic rings. The van der Waals surface area contributed by atoms with E-state index in [1.165, 1.54) is 4.68 Å². The molecule has 2 rings (SSSR count). The Kier molecular flexibility index (Phi) is 4.67. The molecule has 0 radical (unpaired) electrons. The highest BCUT2D eigenvalue weighted by molar-refractivity contribution is 5.20. The second kappa shape index (κ2) is 6.30. The first kappa shape index (κ1) is 15.6. The van der Waals surface area contributed by atoms with Crippen LogP contribution in [0.25, 0.3) is 0 Å². The molecule has 21 heavy (non-hydrogen) atoms. The van der Waals surface area contributed by atoms with Gasteiger partial charge in [-0.2, -0.15) is 18.3 Å². The number of rotatable bonds is 5. The van der Waals surface area contributed by atoms with Gasteiger partial charge in [-0.3, -0.25) is 4.68 Å². The minimum Gasteiger partial charge on any atom is -0.311 e. The van der Waals surface area contributed by atoms with Crippen LogP contribution in [0, 0.1) is 0 Å². The maximum Gasteiger partial charge on any atom is 0.419 e. The number of hydrogen-bond donors (Lipinski definition) is 1. The second-order valence-electron chi connectivity index (χ2n) is 4.86. The van der Waals surface area contributed by atoms with E-state index in [9.17, 15) is 13.2 Å². The van der Waals surface area contributed by atoms with Crippen LogP contribution in [0.2, 0.25) is 0 Å². The number of halogens is 3. The normalized spacial score (nSPS) is 14.9. The molecule has 0 bridgehead atoms. The monoisotopic (exact) mass is 297 g/mol. The Labute approximate surface area is 121 Å². The summed E-state index contributed by atoms with van der Waals surface area (Å²) in [5.41, 5.74) is 0.305. The van der Waals surface area contributed by atoms with Gasteiger partial charge in [0.25, 0.3) is 0 Å². The summed E-state index contributed by atoms with van der Waals surface area (Å²) in [5, 5.41) is 7.08. The molecule has 3 nitrogen and oxygen atoms in total. The molecule has 0 saturated heterocycles. The van der Waals surface area contributed by atoms with Crippen molar-refractivity contribution in [3.05, 3.63) is 53.9 Å². The molecule has 2 unspecified atom stereocenters. The van der Waals surface area contributed by atoms with Gasteiger partial charge in [-0.1, -0.05) is 37.3 Å². The summed E-state index contributed by atoms with van der Waals surface area (Å²) in [6.45, 7) is 1.94. The minimum atomic E-state index is -4.36. The number of likely N-dealkylation sites (N-methyl/N-ethyl adjacent to an activating group) is 1. The van der Waals surface area contributed by atoms with E-state index in [0.29, 0.717) is 6.42 Å². The van der Waals surface area contributed by atoms with Crippen LogP contribution in [0.4, 0.5) is 13.2 Å². The number of hydrogen-bond acceptors (Lipinski definition) is 2. The average Bonchev–Trinajstić information content (AvgIpc) is 2.95. The highest BCUT2D eigenvalue weighted by atomic mass is 19.4. The van der Waals surface area contributed by atoms with Crippen molar-refractivity contribution in [3.8, 4) is 0 Å². The Morgan fingerprint density at radius 1 is 1.24 bits per heavy atom. The summed E-state index contributed by atoms with van der Waals surface area (Å²) in [7, 11) is 1.80. The third-order valence-corrected chi connectivity index (χ3v) is 3.54. The van der Waals surface area contributed by atoms with Crippen LogP contribution in [0.1, 0.15) is 36.6 Å². The SMILES string of the molecule is CCC(C(NC)c1ccccc1)n1cc(C(F)(F)F)cn1. The fourth-order valence-electron chi connectivity index (χ4n) is 2.48. The van der Waals surface area contributed by atoms with E-state index in [1.54, 1.807) is 7.05 Å². The van der Waals surface area contributed by atoms with E-state index < -0.39 is 11.7 Å². The summed E-state index contributed by atoms with van der Waals surface area (Å²) in [4.78, 5) is 0. The number of benzene rings is 1. The molecule has 1 aromatic heterocycles. The van der Waals surface area contributed by atoms with Crippen LogP contribution >= 0.6 is 0 Å². The predicted molar refractivity (Wildman–Crippen MR) is 74.8 cm³/mol. The zero-order chi connectivity index (χ0) is 15.5. The summed E-state index contributed by atoms with van der Waals surface area (Å²) >= 11 is 0. The molecule has 0 fully saturated rings. The molecule has 1 aromatic carbocycles. The van der Waals surface area contributed by atoms with Gasteiger partial charge in [0.2, 0.25) is 0 Å². The molecular formula is C15H18F3N3. The van der Waals surface area contributed by atoms with Gasteiger partial charge in [0.05, 0.1) is 23.8 Å². The van der Waals surface area contributed by atoms with Crippen molar-refractivity contribution in [1.82, 2.24) is 15.1 Å². The third kappa shape index (κ3) is 3.44. The number of aromatic nitrogens is 2. The van der Waals surface area contributed by atoms with Gasteiger partial charge in [0, 0.05) is 6.20 Å². The predicted octanol–water partition coefficient (Wildman–Crippen LogP) is 3.81. The molecule has 0 saturated carbocycles. The van der Waals surface area contributed by atoms with Gasteiger partial charge >= 0.3 is 6.18 Å². The molecule has 114 valence electrons. The standard InChI is InChI=1S/C15H18F3N3/c1-3-13(14(19-2)11-7-5-4-6-8-11)21-10-12(9-20-21)15(16,17)18/h4-10,13-14,19H,3H2,1-2H3. The first-order valence-electron chi connectivity index (χ1n) is 6.81. The third-order valence-electron chi connectivity index (χ3n) is 3.54. The van der Waals surface area contributed by atoms with Crippen LogP contribution in [-0.2, 0) is 6.18 Å². The van der Waals surface area contributed by atoms with E-state index in [0.717, 1.165) is 18.0 Å². The van der Waals surface area contributed by atoms with Crippen LogP contribution in [0.3, 0.4) is 0 Å². The first-order valence-corrected chi connectivity index (χ1v) is 6.81. The average molecular weight is 297 g/mol. The van der Waals surface area contributed by atoms with Gasteiger partial charge in [-0.05, 0) is 19.0 Å². The van der Waals surface area contributed by atoms with Gasteiger partial charge in [-0.25, -0.2) is 0 Å². The fraction of sp³-hybridized carbons (Fsp3) is 0.400. The van der Waals surface area contributed by atoms with Crippen LogP contribution in [0.15, 0.2) is 42.7 Å². The molecule has 2 aromatic rings. The van der Waals surface area contributed by atoms with Crippen molar-refractivity contribution < 1.29 is 13.2 Å². The van der Waals surface area contributed by atoms with Crippen molar-refractivity contribution in [2.24, 2.45) is 0 Å². The lowest BCUT2D eigenvalue weighted by molar-refractivity contribution is -0.137. The lowest BCUT2D eigenvalue weighted by atomic mass is 9.97. The van der Waals surface area contributed by atoms with Gasteiger partial charge in [0.15, 0.2) is 0 Å². The molecule has 1 N–H and O–H groups in total. The maximum absolute atomic E-state index is 12.7. The molecule has 2 atom stereocenters. The smallest absolute Gasteiger partial charge is 0.311 e. The zero-order valence-corrected chi connectivity index (χ0v) is 11.9. The highest BCUT2D eigenvalue weighted by Crippen LogP contribution is 2.32. The lowest BCUT2D eigenvalue weighted by Crippen LogP contribution is -2.27. The van der Waals surface area contributed by atoms with Crippen molar-refractivity contribution in [3.63, 3.8) is 0 Å². The van der Waals surface area contributed by atoms with Crippen molar-refractivity contribution >= 4 is 0 Å². The molecule has 1 heterocycles. The largest absolute Gasteiger partial charge is 0.419 e. The fourth-order valence-corrected chi connectivity index (χ4v) is 2.48. The van der Waals surface area contributed by atoms with E-state index in [4.69, 9.17) is 0 Å². The number of nitrogens with zero attached hydrogens (tertiary/aromatic N) is 2. The molecule has 0 amide bonds. The summed E-state index contributed by atoms with van der Waals surface area (Å²) < 4.78 is 39.5. The van der Waals surface area contributed by atoms with E-state index in [-0.39, 0.29) is 12.1 Å². The Hall–Kier alpha value is -1.82. The minimum absolute atomic E-state index is 0.0998. The topological polar surface area (TPSA) is 29.9 Å². The van der Waals surface area contributed by atoms with Crippen molar-refractivity contribution in [2.45, 2.75) is 31.6 Å². The molecule has 0 aliphatic heterocycles. The Morgan fingerprint density at radius 2 is 1.90 bits per heavy atom. The molecule has 0 spiro atoms. The zero-order valence-electron chi connectivity index (χ0n) is 11.9. The van der Waals surface area contributed by atoms with Crippen molar-refractivity contribution in [2.75, 3.05) is 7.05 Å². The Morgan fingerprint density at radius 3 is 2.38 bits per heavy atom. The summed E-state index contributed by atoms with van der Waals surface area (Å²) in [6.07, 6.45) is -1.75. The maximum atomic E-state index is 12.7. The van der Waals surface area contributed by atoms with E-state index >= 15 is 0 Å².